The number of carbonyl (C=O) groups excluding carboxylic acids is 2. The number of carbonyl (C=O) groups is 3. The van der Waals surface area contributed by atoms with Gasteiger partial charge in [-0.25, -0.2) is 14.5 Å². The number of imide groups is 1. The second-order valence-corrected chi connectivity index (χ2v) is 8.33. The average molecular weight is 472 g/mol. The molecule has 3 amide bonds. The van der Waals surface area contributed by atoms with Crippen LogP contribution < -0.4 is 10.1 Å². The van der Waals surface area contributed by atoms with E-state index in [1.165, 1.54) is 7.11 Å². The van der Waals surface area contributed by atoms with Crippen LogP contribution in [0.2, 0.25) is 0 Å². The Bertz CT molecular complexity index is 872. The molecule has 1 heterocycles. The summed E-state index contributed by atoms with van der Waals surface area (Å²) in [6.45, 7) is -0.0630. The van der Waals surface area contributed by atoms with Crippen LogP contribution in [0.1, 0.15) is 37.7 Å². The quantitative estimate of drug-likeness (QED) is 0.444. The first-order chi connectivity index (χ1) is 15.6. The second kappa shape index (κ2) is 10.4. The summed E-state index contributed by atoms with van der Waals surface area (Å²) in [4.78, 5) is 37.6. The van der Waals surface area contributed by atoms with E-state index >= 15 is 0 Å². The van der Waals surface area contributed by atoms with Crippen LogP contribution in [-0.4, -0.2) is 60.1 Å². The number of ether oxygens (including phenoxy) is 2. The molecule has 11 heteroatoms. The van der Waals surface area contributed by atoms with Gasteiger partial charge in [-0.3, -0.25) is 4.79 Å². The Morgan fingerprint density at radius 3 is 2.48 bits per heavy atom. The van der Waals surface area contributed by atoms with Crippen molar-refractivity contribution < 1.29 is 42.1 Å². The highest BCUT2D eigenvalue weighted by molar-refractivity contribution is 6.07. The molecule has 2 N–H and O–H groups in total. The standard InChI is InChI=1S/C22H27F3N2O6/c1-32-12-33-16-10-6-5-9-14(16)11-15-17(20(29)30)27(19(15)28)21(31)26-18(22(23,24)25)13-7-3-2-4-8-13/h5-6,9-10,13,15,17-18H,2-4,7-8,11-12H2,1H3,(H,26,31)(H,29,30)/t15-,17?,18?/m1/s1. The smallest absolute Gasteiger partial charge is 0.408 e. The van der Waals surface area contributed by atoms with Crippen LogP contribution in [0.5, 0.6) is 5.75 Å². The van der Waals surface area contributed by atoms with E-state index in [2.05, 4.69) is 0 Å². The lowest BCUT2D eigenvalue weighted by molar-refractivity contribution is -0.172. The van der Waals surface area contributed by atoms with E-state index in [-0.39, 0.29) is 13.2 Å². The van der Waals surface area contributed by atoms with E-state index in [9.17, 15) is 32.7 Å². The number of hydrogen-bond donors (Lipinski definition) is 2. The third-order valence-corrected chi connectivity index (χ3v) is 6.18. The molecule has 3 atom stereocenters. The molecule has 2 fully saturated rings. The zero-order valence-electron chi connectivity index (χ0n) is 18.1. The Morgan fingerprint density at radius 1 is 1.21 bits per heavy atom. The van der Waals surface area contributed by atoms with Crippen LogP contribution in [0.4, 0.5) is 18.0 Å². The largest absolute Gasteiger partial charge is 0.480 e. The fourth-order valence-corrected chi connectivity index (χ4v) is 4.57. The Hall–Kier alpha value is -2.82. The number of aliphatic carboxylic acids is 1. The van der Waals surface area contributed by atoms with Crippen LogP contribution in [0.3, 0.4) is 0 Å². The minimum absolute atomic E-state index is 0.0508. The predicted molar refractivity (Wildman–Crippen MR) is 109 cm³/mol. The summed E-state index contributed by atoms with van der Waals surface area (Å²) in [5, 5.41) is 11.5. The molecule has 1 aromatic carbocycles. The first kappa shape index (κ1) is 24.8. The molecule has 1 saturated heterocycles. The van der Waals surface area contributed by atoms with E-state index in [4.69, 9.17) is 9.47 Å². The van der Waals surface area contributed by atoms with E-state index in [1.54, 1.807) is 24.3 Å². The van der Waals surface area contributed by atoms with Gasteiger partial charge in [0.25, 0.3) is 0 Å². The monoisotopic (exact) mass is 472 g/mol. The number of carboxylic acids is 1. The molecule has 0 aromatic heterocycles. The molecule has 182 valence electrons. The third kappa shape index (κ3) is 5.58. The molecule has 0 bridgehead atoms. The van der Waals surface area contributed by atoms with E-state index < -0.39 is 48.0 Å². The first-order valence-corrected chi connectivity index (χ1v) is 10.8. The van der Waals surface area contributed by atoms with Crippen LogP contribution in [0, 0.1) is 11.8 Å². The SMILES string of the molecule is COCOc1ccccc1C[C@H]1C(=O)N(C(=O)NC(C2CCCCC2)C(F)(F)F)C1C(=O)O. The molecule has 1 aliphatic carbocycles. The van der Waals surface area contributed by atoms with Gasteiger partial charge >= 0.3 is 18.2 Å². The highest BCUT2D eigenvalue weighted by Crippen LogP contribution is 2.37. The lowest BCUT2D eigenvalue weighted by Gasteiger charge is -2.44. The lowest BCUT2D eigenvalue weighted by Crippen LogP contribution is -2.70. The number of para-hydroxylation sites is 1. The number of amides is 3. The summed E-state index contributed by atoms with van der Waals surface area (Å²) in [5.41, 5.74) is 0.523. The minimum Gasteiger partial charge on any atom is -0.480 e. The maximum atomic E-state index is 13.7. The summed E-state index contributed by atoms with van der Waals surface area (Å²) in [7, 11) is 1.43. The van der Waals surface area contributed by atoms with E-state index in [0.29, 0.717) is 41.9 Å². The van der Waals surface area contributed by atoms with Gasteiger partial charge in [0.15, 0.2) is 12.8 Å². The second-order valence-electron chi connectivity index (χ2n) is 8.33. The van der Waals surface area contributed by atoms with Crippen molar-refractivity contribution in [2.75, 3.05) is 13.9 Å². The number of benzene rings is 1. The molecule has 1 aromatic rings. The van der Waals surface area contributed by atoms with Gasteiger partial charge in [0.1, 0.15) is 11.8 Å². The molecule has 8 nitrogen and oxygen atoms in total. The maximum absolute atomic E-state index is 13.7. The number of hydrogen-bond acceptors (Lipinski definition) is 5. The Kier molecular flexibility index (Phi) is 7.83. The molecule has 0 spiro atoms. The maximum Gasteiger partial charge on any atom is 0.408 e. The Labute approximate surface area is 189 Å². The van der Waals surface area contributed by atoms with Crippen molar-refractivity contribution in [2.45, 2.75) is 56.8 Å². The number of β-lactam (4-membered cyclic amide) rings is 1. The van der Waals surface area contributed by atoms with Crippen LogP contribution >= 0.6 is 0 Å². The van der Waals surface area contributed by atoms with Crippen molar-refractivity contribution in [1.82, 2.24) is 10.2 Å². The predicted octanol–water partition coefficient (Wildman–Crippen LogP) is 3.34. The highest BCUT2D eigenvalue weighted by Gasteiger charge is 2.56. The van der Waals surface area contributed by atoms with Crippen LogP contribution in [0.25, 0.3) is 0 Å². The topological polar surface area (TPSA) is 105 Å². The number of nitrogens with one attached hydrogen (secondary N) is 1. The van der Waals surface area contributed by atoms with Crippen molar-refractivity contribution in [3.05, 3.63) is 29.8 Å². The normalized spacial score (nSPS) is 22.4. The number of urea groups is 1. The molecular weight excluding hydrogens is 445 g/mol. The van der Waals surface area contributed by atoms with Gasteiger partial charge in [0.05, 0.1) is 5.92 Å². The van der Waals surface area contributed by atoms with Crippen molar-refractivity contribution in [2.24, 2.45) is 11.8 Å². The summed E-state index contributed by atoms with van der Waals surface area (Å²) < 4.78 is 51.2. The summed E-state index contributed by atoms with van der Waals surface area (Å²) in [6.07, 6.45) is -2.06. The van der Waals surface area contributed by atoms with E-state index in [0.717, 1.165) is 6.42 Å². The van der Waals surface area contributed by atoms with Gasteiger partial charge < -0.3 is 19.9 Å². The highest BCUT2D eigenvalue weighted by atomic mass is 19.4. The number of carboxylic acid groups (broad SMARTS) is 1. The Balaban J connectivity index is 1.74. The molecule has 1 saturated carbocycles. The fraction of sp³-hybridized carbons (Fsp3) is 0.591. The Morgan fingerprint density at radius 2 is 1.88 bits per heavy atom. The number of alkyl halides is 3. The minimum atomic E-state index is -4.71. The number of rotatable bonds is 8. The average Bonchev–Trinajstić information content (AvgIpc) is 2.77. The fourth-order valence-electron chi connectivity index (χ4n) is 4.57. The van der Waals surface area contributed by atoms with Crippen molar-refractivity contribution in [1.29, 1.82) is 0 Å². The number of nitrogens with zero attached hydrogens (tertiary/aromatic N) is 1. The zero-order chi connectivity index (χ0) is 24.2. The van der Waals surface area contributed by atoms with Crippen molar-refractivity contribution >= 4 is 17.9 Å². The molecule has 2 unspecified atom stereocenters. The summed E-state index contributed by atoms with van der Waals surface area (Å²) in [5.74, 6) is -3.84. The van der Waals surface area contributed by atoms with Gasteiger partial charge in [0.2, 0.25) is 5.91 Å². The van der Waals surface area contributed by atoms with Gasteiger partial charge in [-0.05, 0) is 36.8 Å². The van der Waals surface area contributed by atoms with E-state index in [1.807, 2.05) is 5.32 Å². The van der Waals surface area contributed by atoms with Crippen LogP contribution in [-0.2, 0) is 20.7 Å². The zero-order valence-corrected chi connectivity index (χ0v) is 18.1. The first-order valence-electron chi connectivity index (χ1n) is 10.8. The molecule has 1 aliphatic heterocycles. The molecule has 2 aliphatic rings. The molecule has 33 heavy (non-hydrogen) atoms. The molecular formula is C22H27F3N2O6. The number of halogens is 3. The van der Waals surface area contributed by atoms with Crippen LogP contribution in [0.15, 0.2) is 24.3 Å². The third-order valence-electron chi connectivity index (χ3n) is 6.18. The van der Waals surface area contributed by atoms with Crippen molar-refractivity contribution in [3.63, 3.8) is 0 Å². The summed E-state index contributed by atoms with van der Waals surface area (Å²) in [6, 6.07) is 1.59. The van der Waals surface area contributed by atoms with Gasteiger partial charge in [0, 0.05) is 7.11 Å². The summed E-state index contributed by atoms with van der Waals surface area (Å²) >= 11 is 0. The lowest BCUT2D eigenvalue weighted by atomic mass is 9.81. The molecule has 3 rings (SSSR count). The van der Waals surface area contributed by atoms with Gasteiger partial charge in [-0.1, -0.05) is 37.5 Å². The molecule has 0 radical (unpaired) electrons. The van der Waals surface area contributed by atoms with Crippen molar-refractivity contribution in [3.8, 4) is 5.75 Å². The van der Waals surface area contributed by atoms with Gasteiger partial charge in [-0.15, -0.1) is 0 Å². The number of methoxy groups -OCH3 is 1. The number of likely N-dealkylation sites (tertiary alicyclic amines) is 1. The van der Waals surface area contributed by atoms with Gasteiger partial charge in [-0.2, -0.15) is 13.2 Å².